The molecule has 4 nitrogen and oxygen atoms in total. The van der Waals surface area contributed by atoms with Crippen molar-refractivity contribution in [3.8, 4) is 0 Å². The van der Waals surface area contributed by atoms with Gasteiger partial charge in [-0.15, -0.1) is 5.10 Å². The van der Waals surface area contributed by atoms with Gasteiger partial charge >= 0.3 is 0 Å². The van der Waals surface area contributed by atoms with E-state index >= 15 is 0 Å². The zero-order chi connectivity index (χ0) is 7.40. The molecule has 0 radical (unpaired) electrons. The van der Waals surface area contributed by atoms with Gasteiger partial charge in [-0.1, -0.05) is 5.21 Å². The maximum Gasteiger partial charge on any atom is 0.141 e. The van der Waals surface area contributed by atoms with Crippen molar-refractivity contribution in [3.63, 3.8) is 0 Å². The van der Waals surface area contributed by atoms with Gasteiger partial charge in [0.15, 0.2) is 0 Å². The Labute approximate surface area is 59.8 Å². The predicted molar refractivity (Wildman–Crippen MR) is 36.4 cm³/mol. The molecule has 0 amide bonds. The fraction of sp³-hybridized carbons (Fsp3) is 0.667. The third-order valence-electron chi connectivity index (χ3n) is 1.08. The van der Waals surface area contributed by atoms with Crippen LogP contribution in [0.15, 0.2) is 6.20 Å². The summed E-state index contributed by atoms with van der Waals surface area (Å²) in [5.41, 5.74) is 0.916. The van der Waals surface area contributed by atoms with E-state index < -0.39 is 0 Å². The molecule has 1 aromatic rings. The molecule has 0 bridgehead atoms. The minimum atomic E-state index is 0.497. The van der Waals surface area contributed by atoms with Crippen molar-refractivity contribution < 1.29 is 4.74 Å². The highest BCUT2D eigenvalue weighted by Gasteiger charge is 1.92. The molecular weight excluding hydrogens is 130 g/mol. The van der Waals surface area contributed by atoms with Gasteiger partial charge < -0.3 is 4.74 Å². The van der Waals surface area contributed by atoms with Crippen LogP contribution in [-0.2, 0) is 11.5 Å². The van der Waals surface area contributed by atoms with Crippen LogP contribution in [0.2, 0.25) is 0 Å². The third-order valence-corrected chi connectivity index (χ3v) is 1.08. The van der Waals surface area contributed by atoms with Crippen LogP contribution in [0.5, 0.6) is 0 Å². The topological polar surface area (TPSA) is 39.9 Å². The zero-order valence-electron chi connectivity index (χ0n) is 6.24. The SMILES string of the molecule is CCOCn1cc(C)nn1. The van der Waals surface area contributed by atoms with E-state index in [4.69, 9.17) is 4.74 Å². The Morgan fingerprint density at radius 1 is 1.70 bits per heavy atom. The van der Waals surface area contributed by atoms with Gasteiger partial charge in [0, 0.05) is 6.61 Å². The molecule has 56 valence electrons. The Bertz CT molecular complexity index is 197. The van der Waals surface area contributed by atoms with E-state index in [1.165, 1.54) is 0 Å². The van der Waals surface area contributed by atoms with Crippen molar-refractivity contribution in [2.45, 2.75) is 20.6 Å². The lowest BCUT2D eigenvalue weighted by Gasteiger charge is -1.97. The van der Waals surface area contributed by atoms with Gasteiger partial charge in [0.2, 0.25) is 0 Å². The summed E-state index contributed by atoms with van der Waals surface area (Å²) in [4.78, 5) is 0. The summed E-state index contributed by atoms with van der Waals surface area (Å²) in [5.74, 6) is 0. The monoisotopic (exact) mass is 141 g/mol. The van der Waals surface area contributed by atoms with Gasteiger partial charge in [-0.05, 0) is 13.8 Å². The second-order valence-corrected chi connectivity index (χ2v) is 2.02. The Morgan fingerprint density at radius 3 is 3.00 bits per heavy atom. The molecule has 0 saturated carbocycles. The number of aromatic nitrogens is 3. The van der Waals surface area contributed by atoms with Crippen molar-refractivity contribution in [2.24, 2.45) is 0 Å². The average molecular weight is 141 g/mol. The molecule has 10 heavy (non-hydrogen) atoms. The largest absolute Gasteiger partial charge is 0.359 e. The summed E-state index contributed by atoms with van der Waals surface area (Å²) in [6.45, 7) is 5.05. The smallest absolute Gasteiger partial charge is 0.141 e. The minimum Gasteiger partial charge on any atom is -0.359 e. The van der Waals surface area contributed by atoms with E-state index in [-0.39, 0.29) is 0 Å². The predicted octanol–water partition coefficient (Wildman–Crippen LogP) is 0.581. The number of nitrogens with zero attached hydrogens (tertiary/aromatic N) is 3. The van der Waals surface area contributed by atoms with E-state index in [1.807, 2.05) is 20.0 Å². The lowest BCUT2D eigenvalue weighted by Crippen LogP contribution is -2.02. The molecule has 1 aromatic heterocycles. The quantitative estimate of drug-likeness (QED) is 0.618. The van der Waals surface area contributed by atoms with E-state index in [2.05, 4.69) is 10.3 Å². The first-order chi connectivity index (χ1) is 4.83. The highest BCUT2D eigenvalue weighted by atomic mass is 16.5. The van der Waals surface area contributed by atoms with Crippen LogP contribution in [0.1, 0.15) is 12.6 Å². The first-order valence-corrected chi connectivity index (χ1v) is 3.27. The van der Waals surface area contributed by atoms with Crippen molar-refractivity contribution >= 4 is 0 Å². The zero-order valence-corrected chi connectivity index (χ0v) is 6.24. The Balaban J connectivity index is 2.42. The second kappa shape index (κ2) is 3.31. The van der Waals surface area contributed by atoms with Gasteiger partial charge in [0.25, 0.3) is 0 Å². The summed E-state index contributed by atoms with van der Waals surface area (Å²) in [7, 11) is 0. The third kappa shape index (κ3) is 1.80. The summed E-state index contributed by atoms with van der Waals surface area (Å²) < 4.78 is 6.76. The first kappa shape index (κ1) is 7.21. The Hall–Kier alpha value is -0.900. The number of aryl methyl sites for hydroxylation is 1. The van der Waals surface area contributed by atoms with E-state index in [1.54, 1.807) is 4.68 Å². The summed E-state index contributed by atoms with van der Waals surface area (Å²) >= 11 is 0. The van der Waals surface area contributed by atoms with Crippen LogP contribution < -0.4 is 0 Å². The second-order valence-electron chi connectivity index (χ2n) is 2.02. The van der Waals surface area contributed by atoms with Gasteiger partial charge in [-0.3, -0.25) is 0 Å². The number of hydrogen-bond acceptors (Lipinski definition) is 3. The molecule has 0 spiro atoms. The number of ether oxygens (including phenoxy) is 1. The molecule has 4 heteroatoms. The van der Waals surface area contributed by atoms with Crippen molar-refractivity contribution in [1.82, 2.24) is 15.0 Å². The van der Waals surface area contributed by atoms with Crippen LogP contribution in [0.3, 0.4) is 0 Å². The molecule has 1 heterocycles. The molecule has 0 fully saturated rings. The maximum absolute atomic E-state index is 5.09. The van der Waals surface area contributed by atoms with Gasteiger partial charge in [-0.25, -0.2) is 4.68 Å². The van der Waals surface area contributed by atoms with E-state index in [0.717, 1.165) is 5.69 Å². The number of hydrogen-bond donors (Lipinski definition) is 0. The summed E-state index contributed by atoms with van der Waals surface area (Å²) in [6, 6.07) is 0. The highest BCUT2D eigenvalue weighted by Crippen LogP contribution is 1.89. The molecule has 0 aromatic carbocycles. The lowest BCUT2D eigenvalue weighted by molar-refractivity contribution is 0.0778. The summed E-state index contributed by atoms with van der Waals surface area (Å²) in [6.07, 6.45) is 1.84. The van der Waals surface area contributed by atoms with E-state index in [0.29, 0.717) is 13.3 Å². The molecular formula is C6H11N3O. The fourth-order valence-corrected chi connectivity index (χ4v) is 0.643. The van der Waals surface area contributed by atoms with Crippen LogP contribution in [0.25, 0.3) is 0 Å². The molecule has 1 rings (SSSR count). The summed E-state index contributed by atoms with van der Waals surface area (Å²) in [5, 5.41) is 7.60. The molecule has 0 saturated heterocycles. The van der Waals surface area contributed by atoms with E-state index in [9.17, 15) is 0 Å². The minimum absolute atomic E-state index is 0.497. The molecule has 0 unspecified atom stereocenters. The molecule has 0 aliphatic carbocycles. The maximum atomic E-state index is 5.09. The average Bonchev–Trinajstić information content (AvgIpc) is 2.31. The van der Waals surface area contributed by atoms with Crippen molar-refractivity contribution in [3.05, 3.63) is 11.9 Å². The standard InChI is InChI=1S/C6H11N3O/c1-3-10-5-9-4-6(2)7-8-9/h4H,3,5H2,1-2H3. The van der Waals surface area contributed by atoms with Crippen molar-refractivity contribution in [1.29, 1.82) is 0 Å². The van der Waals surface area contributed by atoms with Crippen LogP contribution in [-0.4, -0.2) is 21.6 Å². The first-order valence-electron chi connectivity index (χ1n) is 3.27. The normalized spacial score (nSPS) is 10.2. The van der Waals surface area contributed by atoms with Gasteiger partial charge in [0.1, 0.15) is 6.73 Å². The Kier molecular flexibility index (Phi) is 2.39. The van der Waals surface area contributed by atoms with Crippen LogP contribution >= 0.6 is 0 Å². The molecule has 0 aliphatic rings. The molecule has 0 atom stereocenters. The Morgan fingerprint density at radius 2 is 2.50 bits per heavy atom. The highest BCUT2D eigenvalue weighted by molar-refractivity contribution is 4.85. The van der Waals surface area contributed by atoms with Gasteiger partial charge in [0.05, 0.1) is 11.9 Å². The molecule has 0 N–H and O–H groups in total. The van der Waals surface area contributed by atoms with Gasteiger partial charge in [-0.2, -0.15) is 0 Å². The number of rotatable bonds is 3. The van der Waals surface area contributed by atoms with Crippen molar-refractivity contribution in [2.75, 3.05) is 6.61 Å². The fourth-order valence-electron chi connectivity index (χ4n) is 0.643. The lowest BCUT2D eigenvalue weighted by atomic mass is 10.6. The molecule has 0 aliphatic heterocycles. The van der Waals surface area contributed by atoms with Crippen LogP contribution in [0.4, 0.5) is 0 Å². The van der Waals surface area contributed by atoms with Crippen LogP contribution in [0, 0.1) is 6.92 Å².